The van der Waals surface area contributed by atoms with Gasteiger partial charge in [-0.1, -0.05) is 46.3 Å². The zero-order chi connectivity index (χ0) is 17.8. The Balaban J connectivity index is 1.98. The van der Waals surface area contributed by atoms with Crippen LogP contribution >= 0.6 is 15.9 Å². The van der Waals surface area contributed by atoms with Crippen LogP contribution in [0.1, 0.15) is 5.56 Å². The highest BCUT2D eigenvalue weighted by molar-refractivity contribution is 9.10. The molecule has 0 saturated carbocycles. The molecule has 3 rings (SSSR count). The number of aromatic nitrogens is 1. The number of hydrogen-bond acceptors (Lipinski definition) is 5. The summed E-state index contributed by atoms with van der Waals surface area (Å²) in [5, 5.41) is 4.91. The molecule has 128 valence electrons. The number of pyridine rings is 1. The lowest BCUT2D eigenvalue weighted by Crippen LogP contribution is -2.33. The van der Waals surface area contributed by atoms with E-state index >= 15 is 0 Å². The predicted octanol–water partition coefficient (Wildman–Crippen LogP) is 3.78. The molecule has 0 saturated heterocycles. The largest absolute Gasteiger partial charge is 0.467 e. The van der Waals surface area contributed by atoms with Crippen LogP contribution < -0.4 is 11.1 Å². The molecule has 1 atom stereocenters. The number of esters is 1. The van der Waals surface area contributed by atoms with Crippen LogP contribution in [0, 0.1) is 0 Å². The topological polar surface area (TPSA) is 77.2 Å². The second-order valence-electron chi connectivity index (χ2n) is 5.63. The van der Waals surface area contributed by atoms with Crippen LogP contribution in [0.5, 0.6) is 0 Å². The molecule has 1 heterocycles. The van der Waals surface area contributed by atoms with Crippen molar-refractivity contribution < 1.29 is 9.53 Å². The summed E-state index contributed by atoms with van der Waals surface area (Å²) in [4.78, 5) is 16.6. The third-order valence-electron chi connectivity index (χ3n) is 3.99. The molecule has 0 spiro atoms. The number of methoxy groups -OCH3 is 1. The SMILES string of the molecule is COC(=O)C(Cc1ccccc1)Nc1nccc2c(Br)ccc(N)c12. The van der Waals surface area contributed by atoms with Gasteiger partial charge in [0.2, 0.25) is 0 Å². The number of nitrogens with two attached hydrogens (primary N) is 1. The summed E-state index contributed by atoms with van der Waals surface area (Å²) >= 11 is 3.53. The van der Waals surface area contributed by atoms with E-state index in [0.29, 0.717) is 17.9 Å². The number of rotatable bonds is 5. The van der Waals surface area contributed by atoms with Gasteiger partial charge in [-0.3, -0.25) is 0 Å². The summed E-state index contributed by atoms with van der Waals surface area (Å²) in [5.41, 5.74) is 7.77. The predicted molar refractivity (Wildman–Crippen MR) is 103 cm³/mol. The molecule has 0 aliphatic rings. The average molecular weight is 400 g/mol. The summed E-state index contributed by atoms with van der Waals surface area (Å²) in [6, 6.07) is 14.8. The van der Waals surface area contributed by atoms with Gasteiger partial charge < -0.3 is 15.8 Å². The Morgan fingerprint density at radius 1 is 1.24 bits per heavy atom. The summed E-state index contributed by atoms with van der Waals surface area (Å²) < 4.78 is 5.87. The Kier molecular flexibility index (Phi) is 5.19. The van der Waals surface area contributed by atoms with E-state index in [9.17, 15) is 4.79 Å². The lowest BCUT2D eigenvalue weighted by atomic mass is 10.1. The van der Waals surface area contributed by atoms with Crippen molar-refractivity contribution in [2.24, 2.45) is 0 Å². The van der Waals surface area contributed by atoms with Crippen molar-refractivity contribution in [3.63, 3.8) is 0 Å². The Morgan fingerprint density at radius 2 is 2.00 bits per heavy atom. The lowest BCUT2D eigenvalue weighted by molar-refractivity contribution is -0.141. The molecule has 0 fully saturated rings. The third-order valence-corrected chi connectivity index (χ3v) is 4.68. The number of benzene rings is 2. The van der Waals surface area contributed by atoms with E-state index in [-0.39, 0.29) is 5.97 Å². The first kappa shape index (κ1) is 17.2. The number of ether oxygens (including phenoxy) is 1. The van der Waals surface area contributed by atoms with Gasteiger partial charge in [-0.25, -0.2) is 9.78 Å². The zero-order valence-corrected chi connectivity index (χ0v) is 15.3. The number of fused-ring (bicyclic) bond motifs is 1. The molecule has 0 aliphatic heterocycles. The highest BCUT2D eigenvalue weighted by Crippen LogP contribution is 2.33. The monoisotopic (exact) mass is 399 g/mol. The van der Waals surface area contributed by atoms with Gasteiger partial charge >= 0.3 is 5.97 Å². The highest BCUT2D eigenvalue weighted by Gasteiger charge is 2.21. The van der Waals surface area contributed by atoms with Crippen LogP contribution in [0.25, 0.3) is 10.8 Å². The number of halogens is 1. The first-order chi connectivity index (χ1) is 12.1. The summed E-state index contributed by atoms with van der Waals surface area (Å²) in [7, 11) is 1.38. The van der Waals surface area contributed by atoms with Gasteiger partial charge in [-0.05, 0) is 23.8 Å². The van der Waals surface area contributed by atoms with Crippen LogP contribution in [0.3, 0.4) is 0 Å². The van der Waals surface area contributed by atoms with Gasteiger partial charge in [0.1, 0.15) is 11.9 Å². The Hall–Kier alpha value is -2.60. The van der Waals surface area contributed by atoms with E-state index in [1.807, 2.05) is 48.5 Å². The highest BCUT2D eigenvalue weighted by atomic mass is 79.9. The molecule has 1 aromatic heterocycles. The van der Waals surface area contributed by atoms with Crippen LogP contribution in [0.2, 0.25) is 0 Å². The van der Waals surface area contributed by atoms with Crippen molar-refractivity contribution in [1.29, 1.82) is 0 Å². The number of carbonyl (C=O) groups excluding carboxylic acids is 1. The quantitative estimate of drug-likeness (QED) is 0.504. The molecule has 3 aromatic rings. The molecule has 0 bridgehead atoms. The second kappa shape index (κ2) is 7.53. The Morgan fingerprint density at radius 3 is 2.72 bits per heavy atom. The van der Waals surface area contributed by atoms with Crippen LogP contribution in [-0.2, 0) is 16.0 Å². The lowest BCUT2D eigenvalue weighted by Gasteiger charge is -2.19. The van der Waals surface area contributed by atoms with E-state index in [0.717, 1.165) is 20.8 Å². The molecular formula is C19H18BrN3O2. The molecule has 6 heteroatoms. The van der Waals surface area contributed by atoms with Gasteiger partial charge in [-0.15, -0.1) is 0 Å². The van der Waals surface area contributed by atoms with Crippen molar-refractivity contribution in [3.8, 4) is 0 Å². The number of nitrogens with one attached hydrogen (secondary N) is 1. The first-order valence-corrected chi connectivity index (χ1v) is 8.60. The molecule has 3 N–H and O–H groups in total. The normalized spacial score (nSPS) is 11.9. The number of nitrogens with zero attached hydrogens (tertiary/aromatic N) is 1. The van der Waals surface area contributed by atoms with Gasteiger partial charge in [0.25, 0.3) is 0 Å². The van der Waals surface area contributed by atoms with Gasteiger partial charge in [-0.2, -0.15) is 0 Å². The maximum atomic E-state index is 12.3. The smallest absolute Gasteiger partial charge is 0.328 e. The molecule has 1 unspecified atom stereocenters. The number of hydrogen-bond donors (Lipinski definition) is 2. The van der Waals surface area contributed by atoms with Crippen molar-refractivity contribution >= 4 is 44.2 Å². The second-order valence-corrected chi connectivity index (χ2v) is 6.48. The number of nitrogen functional groups attached to an aromatic ring is 1. The molecule has 0 amide bonds. The standard InChI is InChI=1S/C19H18BrN3O2/c1-25-19(24)16(11-12-5-3-2-4-6-12)23-18-17-13(9-10-22-18)14(20)7-8-15(17)21/h2-10,16H,11,21H2,1H3,(H,22,23). The van der Waals surface area contributed by atoms with E-state index < -0.39 is 6.04 Å². The van der Waals surface area contributed by atoms with Crippen molar-refractivity contribution in [2.45, 2.75) is 12.5 Å². The Labute approximate surface area is 154 Å². The number of anilines is 2. The van der Waals surface area contributed by atoms with Gasteiger partial charge in [0, 0.05) is 33.6 Å². The summed E-state index contributed by atoms with van der Waals surface area (Å²) in [6.45, 7) is 0. The fourth-order valence-corrected chi connectivity index (χ4v) is 3.21. The van der Waals surface area contributed by atoms with Crippen molar-refractivity contribution in [3.05, 3.63) is 64.8 Å². The molecular weight excluding hydrogens is 382 g/mol. The summed E-state index contributed by atoms with van der Waals surface area (Å²) in [5.74, 6) is 0.207. The first-order valence-electron chi connectivity index (χ1n) is 7.81. The van der Waals surface area contributed by atoms with Crippen molar-refractivity contribution in [1.82, 2.24) is 4.98 Å². The minimum absolute atomic E-state index is 0.351. The minimum atomic E-state index is -0.566. The van der Waals surface area contributed by atoms with Crippen LogP contribution in [0.4, 0.5) is 11.5 Å². The maximum Gasteiger partial charge on any atom is 0.328 e. The fourth-order valence-electron chi connectivity index (χ4n) is 2.75. The fraction of sp³-hybridized carbons (Fsp3) is 0.158. The molecule has 5 nitrogen and oxygen atoms in total. The van der Waals surface area contributed by atoms with Gasteiger partial charge in [0.05, 0.1) is 7.11 Å². The number of carbonyl (C=O) groups is 1. The van der Waals surface area contributed by atoms with Gasteiger partial charge in [0.15, 0.2) is 0 Å². The third kappa shape index (κ3) is 3.74. The Bertz CT molecular complexity index is 900. The van der Waals surface area contributed by atoms with E-state index in [1.165, 1.54) is 7.11 Å². The summed E-state index contributed by atoms with van der Waals surface area (Å²) in [6.07, 6.45) is 2.17. The minimum Gasteiger partial charge on any atom is -0.467 e. The van der Waals surface area contributed by atoms with E-state index in [4.69, 9.17) is 10.5 Å². The molecule has 25 heavy (non-hydrogen) atoms. The van der Waals surface area contributed by atoms with Crippen LogP contribution in [0.15, 0.2) is 59.2 Å². The molecule has 0 radical (unpaired) electrons. The molecule has 0 aliphatic carbocycles. The molecule has 2 aromatic carbocycles. The van der Waals surface area contributed by atoms with Crippen LogP contribution in [-0.4, -0.2) is 24.1 Å². The zero-order valence-electron chi connectivity index (χ0n) is 13.7. The van der Waals surface area contributed by atoms with E-state index in [2.05, 4.69) is 26.2 Å². The van der Waals surface area contributed by atoms with Crippen molar-refractivity contribution in [2.75, 3.05) is 18.2 Å². The van der Waals surface area contributed by atoms with E-state index in [1.54, 1.807) is 6.20 Å². The average Bonchev–Trinajstić information content (AvgIpc) is 2.64. The maximum absolute atomic E-state index is 12.3.